The number of H-pyrrole nitrogens is 1. The highest BCUT2D eigenvalue weighted by Gasteiger charge is 2.28. The standard InChI is InChI=1S/C17H19ClN6O/c1-17(2,15-13(18)4-3-6-22-15)23-24-9-11(8-20-10-24)14-12(16(19)25)5-7-21-14/h3-8,10,21,23H,9H2,1-2H3,(H2,19,25). The minimum atomic E-state index is -0.519. The molecule has 7 nitrogen and oxygen atoms in total. The summed E-state index contributed by atoms with van der Waals surface area (Å²) in [6.45, 7) is 4.46. The highest BCUT2D eigenvalue weighted by Crippen LogP contribution is 2.27. The number of nitrogens with one attached hydrogen (secondary N) is 2. The van der Waals surface area contributed by atoms with Gasteiger partial charge in [-0.3, -0.25) is 14.8 Å². The van der Waals surface area contributed by atoms with E-state index in [-0.39, 0.29) is 0 Å². The van der Waals surface area contributed by atoms with Crippen molar-refractivity contribution in [1.29, 1.82) is 0 Å². The summed E-state index contributed by atoms with van der Waals surface area (Å²) >= 11 is 6.27. The van der Waals surface area contributed by atoms with E-state index >= 15 is 0 Å². The van der Waals surface area contributed by atoms with Gasteiger partial charge in [0.1, 0.15) is 6.34 Å². The van der Waals surface area contributed by atoms with Crippen molar-refractivity contribution in [2.45, 2.75) is 19.4 Å². The Labute approximate surface area is 150 Å². The zero-order valence-electron chi connectivity index (χ0n) is 14.0. The number of hydrazine groups is 1. The first-order valence-electron chi connectivity index (χ1n) is 7.74. The highest BCUT2D eigenvalue weighted by atomic mass is 35.5. The van der Waals surface area contributed by atoms with Crippen molar-refractivity contribution in [2.75, 3.05) is 6.54 Å². The van der Waals surface area contributed by atoms with Crippen molar-refractivity contribution in [1.82, 2.24) is 20.4 Å². The van der Waals surface area contributed by atoms with Gasteiger partial charge in [-0.2, -0.15) is 0 Å². The molecular weight excluding hydrogens is 340 g/mol. The van der Waals surface area contributed by atoms with E-state index in [1.807, 2.05) is 18.9 Å². The molecule has 0 fully saturated rings. The minimum absolute atomic E-state index is 0.440. The molecule has 1 amide bonds. The molecule has 0 spiro atoms. The third-order valence-corrected chi connectivity index (χ3v) is 4.19. The van der Waals surface area contributed by atoms with E-state index in [0.717, 1.165) is 11.3 Å². The molecule has 3 rings (SSSR count). The van der Waals surface area contributed by atoms with E-state index in [4.69, 9.17) is 17.3 Å². The fraction of sp³-hybridized carbons (Fsp3) is 0.235. The summed E-state index contributed by atoms with van der Waals surface area (Å²) in [5.74, 6) is -0.480. The minimum Gasteiger partial charge on any atom is -0.366 e. The summed E-state index contributed by atoms with van der Waals surface area (Å²) in [5.41, 5.74) is 10.9. The van der Waals surface area contributed by atoms with Crippen molar-refractivity contribution in [2.24, 2.45) is 10.7 Å². The summed E-state index contributed by atoms with van der Waals surface area (Å²) in [6.07, 6.45) is 6.77. The number of hydrogen-bond acceptors (Lipinski definition) is 5. The highest BCUT2D eigenvalue weighted by molar-refractivity contribution is 6.31. The number of primary amides is 1. The molecule has 1 aliphatic heterocycles. The molecule has 0 bridgehead atoms. The topological polar surface area (TPSA) is 99.4 Å². The number of pyridine rings is 1. The Morgan fingerprint density at radius 1 is 1.44 bits per heavy atom. The molecule has 2 aromatic heterocycles. The van der Waals surface area contributed by atoms with Crippen LogP contribution in [-0.4, -0.2) is 33.8 Å². The Balaban J connectivity index is 1.79. The third-order valence-electron chi connectivity index (χ3n) is 3.88. The smallest absolute Gasteiger partial charge is 0.250 e. The van der Waals surface area contributed by atoms with E-state index in [1.54, 1.807) is 43.1 Å². The van der Waals surface area contributed by atoms with Crippen molar-refractivity contribution in [3.63, 3.8) is 0 Å². The van der Waals surface area contributed by atoms with Crippen molar-refractivity contribution in [3.8, 4) is 0 Å². The molecule has 0 aliphatic carbocycles. The number of nitrogens with two attached hydrogens (primary N) is 1. The second kappa shape index (κ2) is 6.70. The van der Waals surface area contributed by atoms with Gasteiger partial charge in [-0.25, -0.2) is 10.4 Å². The first-order valence-corrected chi connectivity index (χ1v) is 8.11. The van der Waals surface area contributed by atoms with Gasteiger partial charge in [0.2, 0.25) is 0 Å². The van der Waals surface area contributed by atoms with Crippen LogP contribution in [0.15, 0.2) is 41.8 Å². The lowest BCUT2D eigenvalue weighted by Gasteiger charge is -2.34. The molecule has 0 saturated carbocycles. The van der Waals surface area contributed by atoms with Gasteiger partial charge in [0.05, 0.1) is 34.1 Å². The zero-order chi connectivity index (χ0) is 18.0. The average Bonchev–Trinajstić information content (AvgIpc) is 3.05. The lowest BCUT2D eigenvalue weighted by molar-refractivity contribution is 0.1000. The molecule has 0 aromatic carbocycles. The molecule has 130 valence electrons. The van der Waals surface area contributed by atoms with Crippen molar-refractivity contribution >= 4 is 29.4 Å². The summed E-state index contributed by atoms with van der Waals surface area (Å²) in [7, 11) is 0. The van der Waals surface area contributed by atoms with Crippen molar-refractivity contribution < 1.29 is 4.79 Å². The summed E-state index contributed by atoms with van der Waals surface area (Å²) in [5, 5.41) is 2.41. The lowest BCUT2D eigenvalue weighted by Crippen LogP contribution is -2.50. The van der Waals surface area contributed by atoms with Gasteiger partial charge in [-0.15, -0.1) is 0 Å². The molecule has 8 heteroatoms. The fourth-order valence-electron chi connectivity index (χ4n) is 2.78. The number of halogens is 1. The first-order chi connectivity index (χ1) is 11.9. The van der Waals surface area contributed by atoms with E-state index in [1.165, 1.54) is 0 Å². The van der Waals surface area contributed by atoms with E-state index in [9.17, 15) is 4.79 Å². The number of aromatic amines is 1. The van der Waals surface area contributed by atoms with Crippen LogP contribution in [0.4, 0.5) is 0 Å². The zero-order valence-corrected chi connectivity index (χ0v) is 14.7. The molecular formula is C17H19ClN6O. The van der Waals surface area contributed by atoms with Gasteiger partial charge in [-0.05, 0) is 32.0 Å². The average molecular weight is 359 g/mol. The van der Waals surface area contributed by atoms with Crippen LogP contribution < -0.4 is 11.2 Å². The normalized spacial score (nSPS) is 14.5. The fourth-order valence-corrected chi connectivity index (χ4v) is 3.14. The second-order valence-corrected chi connectivity index (χ2v) is 6.66. The molecule has 25 heavy (non-hydrogen) atoms. The first kappa shape index (κ1) is 17.2. The Morgan fingerprint density at radius 2 is 2.24 bits per heavy atom. The van der Waals surface area contributed by atoms with E-state index in [2.05, 4.69) is 20.4 Å². The predicted molar refractivity (Wildman–Crippen MR) is 97.9 cm³/mol. The Hall–Kier alpha value is -2.64. The molecule has 1 aliphatic rings. The maximum atomic E-state index is 11.5. The number of carbonyl (C=O) groups excluding carboxylic acids is 1. The quantitative estimate of drug-likeness (QED) is 0.763. The Kier molecular flexibility index (Phi) is 4.61. The maximum Gasteiger partial charge on any atom is 0.250 e. The van der Waals surface area contributed by atoms with E-state index in [0.29, 0.717) is 22.8 Å². The Bertz CT molecular complexity index is 854. The van der Waals surface area contributed by atoms with Crippen LogP contribution in [-0.2, 0) is 5.54 Å². The summed E-state index contributed by atoms with van der Waals surface area (Å²) < 4.78 is 0. The van der Waals surface area contributed by atoms with Crippen LogP contribution in [0.5, 0.6) is 0 Å². The molecule has 0 atom stereocenters. The number of hydrogen-bond donors (Lipinski definition) is 3. The van der Waals surface area contributed by atoms with Gasteiger partial charge >= 0.3 is 0 Å². The number of aliphatic imine (C=N–C) groups is 1. The Morgan fingerprint density at radius 3 is 2.96 bits per heavy atom. The third kappa shape index (κ3) is 3.57. The molecule has 0 radical (unpaired) electrons. The predicted octanol–water partition coefficient (Wildman–Crippen LogP) is 2.29. The number of carbonyl (C=O) groups is 1. The largest absolute Gasteiger partial charge is 0.366 e. The number of aromatic nitrogens is 2. The summed E-state index contributed by atoms with van der Waals surface area (Å²) in [4.78, 5) is 23.2. The van der Waals surface area contributed by atoms with Crippen molar-refractivity contribution in [3.05, 3.63) is 58.8 Å². The number of nitrogens with zero attached hydrogens (tertiary/aromatic N) is 3. The number of amides is 1. The monoisotopic (exact) mass is 358 g/mol. The van der Waals surface area contributed by atoms with Crippen LogP contribution in [0.25, 0.3) is 5.57 Å². The maximum absolute atomic E-state index is 11.5. The van der Waals surface area contributed by atoms with Crippen LogP contribution in [0.3, 0.4) is 0 Å². The van der Waals surface area contributed by atoms with Crippen LogP contribution in [0.1, 0.15) is 35.6 Å². The van der Waals surface area contributed by atoms with E-state index < -0.39 is 11.4 Å². The van der Waals surface area contributed by atoms with Gasteiger partial charge in [0.15, 0.2) is 0 Å². The van der Waals surface area contributed by atoms with Crippen LogP contribution in [0.2, 0.25) is 5.02 Å². The second-order valence-electron chi connectivity index (χ2n) is 6.25. The van der Waals surface area contributed by atoms with Gasteiger partial charge in [-0.1, -0.05) is 11.6 Å². The molecule has 4 N–H and O–H groups in total. The number of rotatable bonds is 5. The van der Waals surface area contributed by atoms with Gasteiger partial charge in [0.25, 0.3) is 5.91 Å². The van der Waals surface area contributed by atoms with Crippen LogP contribution >= 0.6 is 11.6 Å². The van der Waals surface area contributed by atoms with Gasteiger partial charge < -0.3 is 10.7 Å². The molecule has 0 unspecified atom stereocenters. The summed E-state index contributed by atoms with van der Waals surface area (Å²) in [6, 6.07) is 5.26. The molecule has 0 saturated heterocycles. The molecule has 3 heterocycles. The molecule has 2 aromatic rings. The van der Waals surface area contributed by atoms with Crippen LogP contribution in [0, 0.1) is 0 Å². The SMILES string of the molecule is CC(C)(NN1C=NC=C(c2[nH]ccc2C(N)=O)C1)c1ncccc1Cl. The lowest BCUT2D eigenvalue weighted by atomic mass is 10.0. The van der Waals surface area contributed by atoms with Gasteiger partial charge in [0, 0.05) is 24.2 Å².